The van der Waals surface area contributed by atoms with E-state index >= 15 is 0 Å². The molecule has 0 aromatic heterocycles. The van der Waals surface area contributed by atoms with E-state index in [0.29, 0.717) is 6.42 Å². The molecule has 1 atom stereocenters. The van der Waals surface area contributed by atoms with Crippen LogP contribution in [0.15, 0.2) is 0 Å². The van der Waals surface area contributed by atoms with Crippen molar-refractivity contribution in [3.05, 3.63) is 0 Å². The van der Waals surface area contributed by atoms with E-state index < -0.39 is 17.9 Å². The number of urea groups is 1. The third-order valence-corrected chi connectivity index (χ3v) is 2.58. The minimum atomic E-state index is -0.942. The maximum absolute atomic E-state index is 11.5. The Balaban J connectivity index is 4.14. The van der Waals surface area contributed by atoms with Crippen molar-refractivity contribution in [3.63, 3.8) is 0 Å². The Morgan fingerprint density at radius 3 is 2.10 bits per heavy atom. The van der Waals surface area contributed by atoms with Crippen LogP contribution in [0.2, 0.25) is 0 Å². The number of nitrogens with one attached hydrogen (secondary N) is 3. The minimum Gasteiger partial charge on any atom is -0.481 e. The molecule has 0 saturated heterocycles. The van der Waals surface area contributed by atoms with Gasteiger partial charge in [-0.15, -0.1) is 0 Å². The van der Waals surface area contributed by atoms with Crippen LogP contribution in [0.25, 0.3) is 0 Å². The molecule has 1 unspecified atom stereocenters. The van der Waals surface area contributed by atoms with Gasteiger partial charge in [0.05, 0.1) is 12.5 Å². The van der Waals surface area contributed by atoms with E-state index in [0.717, 1.165) is 0 Å². The van der Waals surface area contributed by atoms with Crippen LogP contribution in [0, 0.1) is 11.3 Å². The average Bonchev–Trinajstić information content (AvgIpc) is 2.29. The average molecular weight is 301 g/mol. The van der Waals surface area contributed by atoms with Crippen LogP contribution < -0.4 is 16.0 Å². The van der Waals surface area contributed by atoms with E-state index in [1.807, 2.05) is 34.6 Å². The molecule has 0 aliphatic heterocycles. The normalized spacial score (nSPS) is 12.7. The van der Waals surface area contributed by atoms with E-state index in [1.165, 1.54) is 0 Å². The number of carboxylic acids is 1. The number of hydrogen-bond donors (Lipinski definition) is 4. The quantitative estimate of drug-likeness (QED) is 0.561. The Morgan fingerprint density at radius 2 is 1.67 bits per heavy atom. The summed E-state index contributed by atoms with van der Waals surface area (Å²) in [7, 11) is 0. The molecule has 3 amide bonds. The maximum atomic E-state index is 11.5. The predicted octanol–water partition coefficient (Wildman–Crippen LogP) is 0.947. The molecule has 0 aromatic rings. The van der Waals surface area contributed by atoms with Crippen LogP contribution in [0.1, 0.15) is 41.0 Å². The SMILES string of the molecule is CC(C)NC(=O)CNC(=O)NCC(CC(C)(C)C)C(=O)O. The second-order valence-electron chi connectivity index (χ2n) is 6.59. The summed E-state index contributed by atoms with van der Waals surface area (Å²) < 4.78 is 0. The Morgan fingerprint density at radius 1 is 1.10 bits per heavy atom. The van der Waals surface area contributed by atoms with Gasteiger partial charge in [0.2, 0.25) is 5.91 Å². The van der Waals surface area contributed by atoms with Crippen molar-refractivity contribution in [2.75, 3.05) is 13.1 Å². The third-order valence-electron chi connectivity index (χ3n) is 2.58. The number of amides is 3. The molecular weight excluding hydrogens is 274 g/mol. The maximum Gasteiger partial charge on any atom is 0.315 e. The van der Waals surface area contributed by atoms with Crippen molar-refractivity contribution in [2.45, 2.75) is 47.1 Å². The van der Waals surface area contributed by atoms with E-state index in [-0.39, 0.29) is 30.5 Å². The molecule has 0 radical (unpaired) electrons. The number of carbonyl (C=O) groups excluding carboxylic acids is 2. The highest BCUT2D eigenvalue weighted by atomic mass is 16.4. The van der Waals surface area contributed by atoms with Crippen LogP contribution >= 0.6 is 0 Å². The summed E-state index contributed by atoms with van der Waals surface area (Å²) in [6.45, 7) is 9.37. The lowest BCUT2D eigenvalue weighted by atomic mass is 9.84. The number of carboxylic acid groups (broad SMARTS) is 1. The van der Waals surface area contributed by atoms with Crippen LogP contribution in [-0.2, 0) is 9.59 Å². The molecule has 0 aliphatic rings. The summed E-state index contributed by atoms with van der Waals surface area (Å²) in [5.41, 5.74) is -0.141. The first-order valence-electron chi connectivity index (χ1n) is 7.05. The topological polar surface area (TPSA) is 108 Å². The lowest BCUT2D eigenvalue weighted by Crippen LogP contribution is -2.45. The van der Waals surface area contributed by atoms with E-state index in [1.54, 1.807) is 0 Å². The van der Waals surface area contributed by atoms with Crippen molar-refractivity contribution in [3.8, 4) is 0 Å². The monoisotopic (exact) mass is 301 g/mol. The van der Waals surface area contributed by atoms with Gasteiger partial charge in [-0.3, -0.25) is 9.59 Å². The number of rotatable bonds is 7. The van der Waals surface area contributed by atoms with Gasteiger partial charge in [0.15, 0.2) is 0 Å². The number of hydrogen-bond acceptors (Lipinski definition) is 3. The highest BCUT2D eigenvalue weighted by Crippen LogP contribution is 2.24. The van der Waals surface area contributed by atoms with Crippen molar-refractivity contribution in [1.29, 1.82) is 0 Å². The van der Waals surface area contributed by atoms with Gasteiger partial charge in [0.25, 0.3) is 0 Å². The second-order valence-corrected chi connectivity index (χ2v) is 6.59. The Bertz CT molecular complexity index is 375. The molecule has 122 valence electrons. The number of aliphatic carboxylic acids is 1. The van der Waals surface area contributed by atoms with E-state index in [4.69, 9.17) is 5.11 Å². The highest BCUT2D eigenvalue weighted by molar-refractivity contribution is 5.84. The van der Waals surface area contributed by atoms with Crippen LogP contribution in [-0.4, -0.2) is 42.1 Å². The summed E-state index contributed by atoms with van der Waals surface area (Å²) in [5.74, 6) is -1.88. The van der Waals surface area contributed by atoms with Gasteiger partial charge < -0.3 is 21.1 Å². The van der Waals surface area contributed by atoms with Crippen LogP contribution in [0.5, 0.6) is 0 Å². The molecule has 21 heavy (non-hydrogen) atoms. The predicted molar refractivity (Wildman–Crippen MR) is 79.9 cm³/mol. The molecule has 0 saturated carbocycles. The molecule has 0 heterocycles. The fraction of sp³-hybridized carbons (Fsp3) is 0.786. The molecule has 0 fully saturated rings. The van der Waals surface area contributed by atoms with Gasteiger partial charge in [0, 0.05) is 12.6 Å². The van der Waals surface area contributed by atoms with Gasteiger partial charge in [-0.1, -0.05) is 20.8 Å². The molecule has 0 rings (SSSR count). The van der Waals surface area contributed by atoms with Crippen molar-refractivity contribution in [1.82, 2.24) is 16.0 Å². The molecule has 0 aromatic carbocycles. The second kappa shape index (κ2) is 8.49. The summed E-state index contributed by atoms with van der Waals surface area (Å²) in [4.78, 5) is 34.0. The minimum absolute atomic E-state index is 0.00513. The first-order chi connectivity index (χ1) is 9.51. The van der Waals surface area contributed by atoms with Gasteiger partial charge >= 0.3 is 12.0 Å². The number of carbonyl (C=O) groups is 3. The zero-order chi connectivity index (χ0) is 16.6. The van der Waals surface area contributed by atoms with E-state index in [2.05, 4.69) is 16.0 Å². The Labute approximate surface area is 125 Å². The molecular formula is C14H27N3O4. The molecule has 7 nitrogen and oxygen atoms in total. The van der Waals surface area contributed by atoms with Crippen LogP contribution in [0.3, 0.4) is 0 Å². The van der Waals surface area contributed by atoms with Crippen molar-refractivity contribution in [2.24, 2.45) is 11.3 Å². The largest absolute Gasteiger partial charge is 0.481 e. The molecule has 4 N–H and O–H groups in total. The first-order valence-corrected chi connectivity index (χ1v) is 7.05. The third kappa shape index (κ3) is 10.6. The lowest BCUT2D eigenvalue weighted by Gasteiger charge is -2.23. The molecule has 0 spiro atoms. The van der Waals surface area contributed by atoms with Gasteiger partial charge in [-0.2, -0.15) is 0 Å². The van der Waals surface area contributed by atoms with Crippen LogP contribution in [0.4, 0.5) is 4.79 Å². The summed E-state index contributed by atoms with van der Waals surface area (Å²) in [6.07, 6.45) is 0.455. The van der Waals surface area contributed by atoms with Crippen molar-refractivity contribution >= 4 is 17.9 Å². The molecule has 7 heteroatoms. The fourth-order valence-corrected chi connectivity index (χ4v) is 1.80. The fourth-order valence-electron chi connectivity index (χ4n) is 1.80. The zero-order valence-corrected chi connectivity index (χ0v) is 13.4. The van der Waals surface area contributed by atoms with Gasteiger partial charge in [-0.25, -0.2) is 4.79 Å². The van der Waals surface area contributed by atoms with Gasteiger partial charge in [0.1, 0.15) is 0 Å². The Kier molecular flexibility index (Phi) is 7.76. The summed E-state index contributed by atoms with van der Waals surface area (Å²) in [6, 6.07) is -0.542. The molecule has 0 bridgehead atoms. The Hall–Kier alpha value is -1.79. The van der Waals surface area contributed by atoms with Crippen molar-refractivity contribution < 1.29 is 19.5 Å². The summed E-state index contributed by atoms with van der Waals surface area (Å²) in [5, 5.41) is 16.6. The highest BCUT2D eigenvalue weighted by Gasteiger charge is 2.24. The smallest absolute Gasteiger partial charge is 0.315 e. The zero-order valence-electron chi connectivity index (χ0n) is 13.4. The lowest BCUT2D eigenvalue weighted by molar-refractivity contribution is -0.142. The summed E-state index contributed by atoms with van der Waals surface area (Å²) >= 11 is 0. The standard InChI is InChI=1S/C14H27N3O4/c1-9(2)17-11(18)8-16-13(21)15-7-10(12(19)20)6-14(3,4)5/h9-10H,6-8H2,1-5H3,(H,17,18)(H,19,20)(H2,15,16,21). The van der Waals surface area contributed by atoms with Gasteiger partial charge in [-0.05, 0) is 25.7 Å². The first kappa shape index (κ1) is 19.2. The van der Waals surface area contributed by atoms with E-state index in [9.17, 15) is 14.4 Å². The molecule has 0 aliphatic carbocycles.